The maximum absolute atomic E-state index is 12.2. The minimum absolute atomic E-state index is 0.0242. The lowest BCUT2D eigenvalue weighted by Crippen LogP contribution is -2.24. The molecule has 0 aliphatic rings. The van der Waals surface area contributed by atoms with Gasteiger partial charge in [-0.05, 0) is 47.7 Å². The molecular weight excluding hydrogens is 332 g/mol. The molecule has 0 spiro atoms. The van der Waals surface area contributed by atoms with Crippen molar-refractivity contribution in [1.29, 1.82) is 5.26 Å². The van der Waals surface area contributed by atoms with Crippen LogP contribution in [0.1, 0.15) is 11.1 Å². The summed E-state index contributed by atoms with van der Waals surface area (Å²) in [6.45, 7) is 0.592. The smallest absolute Gasteiger partial charge is 0.246 e. The van der Waals surface area contributed by atoms with E-state index in [2.05, 4.69) is 12.1 Å². The van der Waals surface area contributed by atoms with Crippen molar-refractivity contribution in [3.05, 3.63) is 65.7 Å². The van der Waals surface area contributed by atoms with Crippen molar-refractivity contribution in [3.63, 3.8) is 0 Å². The van der Waals surface area contributed by atoms with Gasteiger partial charge in [0, 0.05) is 24.6 Å². The first-order valence-corrected chi connectivity index (χ1v) is 9.01. The summed E-state index contributed by atoms with van der Waals surface area (Å²) < 4.78 is 5.19. The number of carbonyl (C=O) groups excluding carboxylic acids is 1. The van der Waals surface area contributed by atoms with Gasteiger partial charge in [0.2, 0.25) is 5.91 Å². The molecule has 2 aromatic carbocycles. The van der Waals surface area contributed by atoms with Gasteiger partial charge in [-0.25, -0.2) is 0 Å². The summed E-state index contributed by atoms with van der Waals surface area (Å²) in [6, 6.07) is 17.4. The molecule has 0 saturated carbocycles. The van der Waals surface area contributed by atoms with Gasteiger partial charge < -0.3 is 9.64 Å². The fourth-order valence-electron chi connectivity index (χ4n) is 2.17. The van der Waals surface area contributed by atoms with Gasteiger partial charge in [-0.3, -0.25) is 4.79 Å². The Kier molecular flexibility index (Phi) is 7.12. The summed E-state index contributed by atoms with van der Waals surface area (Å²) in [4.78, 5) is 15.1. The third-order valence-corrected chi connectivity index (χ3v) is 4.30. The lowest BCUT2D eigenvalue weighted by atomic mass is 10.2. The molecule has 4 nitrogen and oxygen atoms in total. The number of nitriles is 1. The lowest BCUT2D eigenvalue weighted by Gasteiger charge is -2.15. The Morgan fingerprint density at radius 3 is 2.48 bits per heavy atom. The third kappa shape index (κ3) is 6.02. The zero-order valence-corrected chi connectivity index (χ0v) is 15.1. The zero-order valence-electron chi connectivity index (χ0n) is 14.3. The normalized spacial score (nSPS) is 10.4. The summed E-state index contributed by atoms with van der Waals surface area (Å²) in [5, 5.41) is 8.48. The Bertz CT molecular complexity index is 762. The van der Waals surface area contributed by atoms with Crippen LogP contribution < -0.4 is 4.74 Å². The van der Waals surface area contributed by atoms with Crippen molar-refractivity contribution >= 4 is 23.7 Å². The van der Waals surface area contributed by atoms with Crippen LogP contribution in [0.5, 0.6) is 5.75 Å². The van der Waals surface area contributed by atoms with Gasteiger partial charge in [-0.2, -0.15) is 5.26 Å². The molecule has 0 N–H and O–H groups in total. The predicted octanol–water partition coefficient (Wildman–Crippen LogP) is 3.98. The molecule has 0 bridgehead atoms. The second-order valence-electron chi connectivity index (χ2n) is 5.39. The highest BCUT2D eigenvalue weighted by Gasteiger charge is 2.06. The standard InChI is InChI=1S/C20H20N2O2S/c1-22(15-17-5-10-19(25-2)11-6-17)20(23)12-7-16-3-8-18(9-4-16)24-14-13-21/h3-12H,14-15H2,1-2H3/b12-7+. The Morgan fingerprint density at radius 1 is 1.20 bits per heavy atom. The second kappa shape index (κ2) is 9.55. The van der Waals surface area contributed by atoms with E-state index in [1.165, 1.54) is 4.90 Å². The number of hydrogen-bond acceptors (Lipinski definition) is 4. The van der Waals surface area contributed by atoms with Crippen molar-refractivity contribution in [1.82, 2.24) is 4.90 Å². The van der Waals surface area contributed by atoms with Gasteiger partial charge in [0.15, 0.2) is 6.61 Å². The van der Waals surface area contributed by atoms with E-state index in [9.17, 15) is 4.79 Å². The van der Waals surface area contributed by atoms with Crippen LogP contribution >= 0.6 is 11.8 Å². The van der Waals surface area contributed by atoms with Crippen LogP contribution in [0.3, 0.4) is 0 Å². The van der Waals surface area contributed by atoms with Crippen molar-refractivity contribution in [2.75, 3.05) is 19.9 Å². The molecule has 0 aliphatic carbocycles. The molecule has 0 heterocycles. The minimum Gasteiger partial charge on any atom is -0.479 e. The van der Waals surface area contributed by atoms with E-state index in [-0.39, 0.29) is 12.5 Å². The van der Waals surface area contributed by atoms with Crippen LogP contribution in [0.4, 0.5) is 0 Å². The fraction of sp³-hybridized carbons (Fsp3) is 0.200. The quantitative estimate of drug-likeness (QED) is 0.559. The average Bonchev–Trinajstić information content (AvgIpc) is 2.65. The number of rotatable bonds is 7. The van der Waals surface area contributed by atoms with Gasteiger partial charge in [0.25, 0.3) is 0 Å². The molecule has 128 valence electrons. The van der Waals surface area contributed by atoms with Gasteiger partial charge >= 0.3 is 0 Å². The van der Waals surface area contributed by atoms with Gasteiger partial charge in [-0.15, -0.1) is 11.8 Å². The molecule has 0 atom stereocenters. The van der Waals surface area contributed by atoms with Crippen molar-refractivity contribution in [2.45, 2.75) is 11.4 Å². The molecule has 25 heavy (non-hydrogen) atoms. The number of thioether (sulfide) groups is 1. The molecule has 5 heteroatoms. The predicted molar refractivity (Wildman–Crippen MR) is 101 cm³/mol. The summed E-state index contributed by atoms with van der Waals surface area (Å²) in [5.74, 6) is 0.578. The summed E-state index contributed by atoms with van der Waals surface area (Å²) in [5.41, 5.74) is 2.00. The van der Waals surface area contributed by atoms with Crippen molar-refractivity contribution in [3.8, 4) is 11.8 Å². The van der Waals surface area contributed by atoms with E-state index in [0.29, 0.717) is 12.3 Å². The van der Waals surface area contributed by atoms with Crippen LogP contribution in [-0.4, -0.2) is 30.7 Å². The topological polar surface area (TPSA) is 53.3 Å². The van der Waals surface area contributed by atoms with E-state index in [0.717, 1.165) is 11.1 Å². The minimum atomic E-state index is -0.0567. The lowest BCUT2D eigenvalue weighted by molar-refractivity contribution is -0.125. The van der Waals surface area contributed by atoms with Crippen LogP contribution in [0.2, 0.25) is 0 Å². The first-order valence-electron chi connectivity index (χ1n) is 7.78. The molecule has 0 fully saturated rings. The number of nitrogens with zero attached hydrogens (tertiary/aromatic N) is 2. The van der Waals surface area contributed by atoms with E-state index in [4.69, 9.17) is 10.00 Å². The first kappa shape index (κ1) is 18.6. The number of hydrogen-bond donors (Lipinski definition) is 0. The molecule has 0 aromatic heterocycles. The number of carbonyl (C=O) groups is 1. The van der Waals surface area contributed by atoms with Gasteiger partial charge in [-0.1, -0.05) is 24.3 Å². The van der Waals surface area contributed by atoms with Crippen LogP contribution in [0, 0.1) is 11.3 Å². The fourth-order valence-corrected chi connectivity index (χ4v) is 2.58. The maximum Gasteiger partial charge on any atom is 0.246 e. The maximum atomic E-state index is 12.2. The van der Waals surface area contributed by atoms with Crippen molar-refractivity contribution < 1.29 is 9.53 Å². The SMILES string of the molecule is CSc1ccc(CN(C)C(=O)/C=C/c2ccc(OCC#N)cc2)cc1. The summed E-state index contributed by atoms with van der Waals surface area (Å²) >= 11 is 1.70. The molecule has 0 radical (unpaired) electrons. The highest BCUT2D eigenvalue weighted by molar-refractivity contribution is 7.98. The molecule has 0 unspecified atom stereocenters. The molecule has 0 aliphatic heterocycles. The van der Waals surface area contributed by atoms with E-state index in [1.54, 1.807) is 48.0 Å². The van der Waals surface area contributed by atoms with E-state index < -0.39 is 0 Å². The number of benzene rings is 2. The highest BCUT2D eigenvalue weighted by Crippen LogP contribution is 2.16. The highest BCUT2D eigenvalue weighted by atomic mass is 32.2. The zero-order chi connectivity index (χ0) is 18.1. The van der Waals surface area contributed by atoms with E-state index in [1.807, 2.05) is 36.6 Å². The number of ether oxygens (including phenoxy) is 1. The Morgan fingerprint density at radius 2 is 1.88 bits per heavy atom. The monoisotopic (exact) mass is 352 g/mol. The first-order chi connectivity index (χ1) is 12.1. The number of amides is 1. The Hall–Kier alpha value is -2.71. The van der Waals surface area contributed by atoms with Crippen molar-refractivity contribution in [2.24, 2.45) is 0 Å². The average molecular weight is 352 g/mol. The van der Waals surface area contributed by atoms with Crippen LogP contribution in [-0.2, 0) is 11.3 Å². The van der Waals surface area contributed by atoms with Crippen LogP contribution in [0.25, 0.3) is 6.08 Å². The van der Waals surface area contributed by atoms with Crippen LogP contribution in [0.15, 0.2) is 59.5 Å². The van der Waals surface area contributed by atoms with Gasteiger partial charge in [0.1, 0.15) is 11.8 Å². The summed E-state index contributed by atoms with van der Waals surface area (Å²) in [7, 11) is 1.79. The molecule has 2 rings (SSSR count). The van der Waals surface area contributed by atoms with E-state index >= 15 is 0 Å². The largest absolute Gasteiger partial charge is 0.479 e. The Labute approximate surface area is 152 Å². The summed E-state index contributed by atoms with van der Waals surface area (Å²) in [6.07, 6.45) is 5.36. The second-order valence-corrected chi connectivity index (χ2v) is 6.27. The number of likely N-dealkylation sites (N-methyl/N-ethyl adjacent to an activating group) is 1. The van der Waals surface area contributed by atoms with Gasteiger partial charge in [0.05, 0.1) is 0 Å². The Balaban J connectivity index is 1.91. The molecular formula is C20H20N2O2S. The third-order valence-electron chi connectivity index (χ3n) is 3.56. The molecule has 0 saturated heterocycles. The molecule has 1 amide bonds. The molecule has 2 aromatic rings.